The molecule has 4 nitrogen and oxygen atoms in total. The van der Waals surface area contributed by atoms with Gasteiger partial charge in [0.1, 0.15) is 10.5 Å². The summed E-state index contributed by atoms with van der Waals surface area (Å²) >= 11 is 8.63. The van der Waals surface area contributed by atoms with Crippen molar-refractivity contribution in [2.24, 2.45) is 7.05 Å². The van der Waals surface area contributed by atoms with Crippen molar-refractivity contribution in [3.8, 4) is 11.4 Å². The summed E-state index contributed by atoms with van der Waals surface area (Å²) in [6.07, 6.45) is 4.54. The Labute approximate surface area is 107 Å². The minimum absolute atomic E-state index is 0.578. The van der Waals surface area contributed by atoms with Crippen LogP contribution in [0.1, 0.15) is 12.6 Å². The van der Waals surface area contributed by atoms with Crippen LogP contribution in [-0.4, -0.2) is 19.7 Å². The molecule has 0 bridgehead atoms. The van der Waals surface area contributed by atoms with Crippen LogP contribution in [0.15, 0.2) is 16.9 Å². The van der Waals surface area contributed by atoms with Crippen LogP contribution in [0.25, 0.3) is 11.4 Å². The molecule has 2 aromatic rings. The van der Waals surface area contributed by atoms with Gasteiger partial charge in [0.05, 0.1) is 16.2 Å². The number of hydrogen-bond donors (Lipinski definition) is 1. The molecule has 0 aliphatic carbocycles. The smallest absolute Gasteiger partial charge is 0.144 e. The van der Waals surface area contributed by atoms with Crippen LogP contribution in [0, 0.1) is 4.64 Å². The van der Waals surface area contributed by atoms with E-state index in [0.29, 0.717) is 4.64 Å². The Kier molecular flexibility index (Phi) is 3.20. The Morgan fingerprint density at radius 3 is 2.88 bits per heavy atom. The van der Waals surface area contributed by atoms with Gasteiger partial charge in [0.25, 0.3) is 0 Å². The summed E-state index contributed by atoms with van der Waals surface area (Å²) in [6.45, 7) is 2.07. The Morgan fingerprint density at radius 1 is 1.56 bits per heavy atom. The quantitative estimate of drug-likeness (QED) is 0.867. The normalized spacial score (nSPS) is 10.7. The first-order valence-corrected chi connectivity index (χ1v) is 6.09. The summed E-state index contributed by atoms with van der Waals surface area (Å²) in [5, 5.41) is 4.11. The standard InChI is InChI=1S/C10H11BrN4S/c1-3-7-8(11)10(16)14-9(13-7)6-4-12-15(2)5-6/h4-5H,3H2,1-2H3,(H,13,14,16). The zero-order valence-electron chi connectivity index (χ0n) is 8.99. The van der Waals surface area contributed by atoms with Gasteiger partial charge in [0.15, 0.2) is 0 Å². The molecule has 2 aromatic heterocycles. The minimum Gasteiger partial charge on any atom is -0.342 e. The van der Waals surface area contributed by atoms with Crippen molar-refractivity contribution in [3.63, 3.8) is 0 Å². The van der Waals surface area contributed by atoms with Crippen molar-refractivity contribution in [1.82, 2.24) is 19.7 Å². The zero-order valence-corrected chi connectivity index (χ0v) is 11.4. The highest BCUT2D eigenvalue weighted by atomic mass is 79.9. The third-order valence-electron chi connectivity index (χ3n) is 2.27. The summed E-state index contributed by atoms with van der Waals surface area (Å²) < 4.78 is 3.19. The van der Waals surface area contributed by atoms with E-state index in [1.54, 1.807) is 10.9 Å². The second-order valence-corrected chi connectivity index (χ2v) is 4.62. The van der Waals surface area contributed by atoms with Crippen LogP contribution in [0.5, 0.6) is 0 Å². The Hall–Kier alpha value is -1.01. The maximum absolute atomic E-state index is 5.20. The number of hydrogen-bond acceptors (Lipinski definition) is 3. The van der Waals surface area contributed by atoms with Crippen molar-refractivity contribution in [1.29, 1.82) is 0 Å². The molecule has 1 N–H and O–H groups in total. The minimum atomic E-state index is 0.578. The molecule has 2 rings (SSSR count). The van der Waals surface area contributed by atoms with Crippen molar-refractivity contribution in [2.45, 2.75) is 13.3 Å². The summed E-state index contributed by atoms with van der Waals surface area (Å²) in [7, 11) is 1.87. The predicted octanol–water partition coefficient (Wildman–Crippen LogP) is 2.86. The maximum atomic E-state index is 5.20. The lowest BCUT2D eigenvalue weighted by molar-refractivity contribution is 0.768. The first kappa shape index (κ1) is 11.5. The van der Waals surface area contributed by atoms with E-state index in [1.165, 1.54) is 0 Å². The molecule has 0 saturated carbocycles. The lowest BCUT2D eigenvalue weighted by Crippen LogP contribution is -1.96. The number of nitrogens with zero attached hydrogens (tertiary/aromatic N) is 3. The number of aromatic nitrogens is 4. The van der Waals surface area contributed by atoms with E-state index in [4.69, 9.17) is 12.2 Å². The highest BCUT2D eigenvalue weighted by Crippen LogP contribution is 2.20. The molecular formula is C10H11BrN4S. The summed E-state index contributed by atoms with van der Waals surface area (Å²) in [4.78, 5) is 7.58. The van der Waals surface area contributed by atoms with Crippen molar-refractivity contribution in [3.05, 3.63) is 27.2 Å². The second kappa shape index (κ2) is 4.47. The SMILES string of the molecule is CCc1[nH]c(-c2cnn(C)c2)nc(=S)c1Br. The van der Waals surface area contributed by atoms with E-state index >= 15 is 0 Å². The lowest BCUT2D eigenvalue weighted by atomic mass is 10.3. The highest BCUT2D eigenvalue weighted by Gasteiger charge is 2.07. The molecule has 0 radical (unpaired) electrons. The van der Waals surface area contributed by atoms with Gasteiger partial charge in [-0.1, -0.05) is 19.1 Å². The molecule has 0 aliphatic heterocycles. The molecule has 0 aromatic carbocycles. The lowest BCUT2D eigenvalue weighted by Gasteiger charge is -2.04. The monoisotopic (exact) mass is 298 g/mol. The van der Waals surface area contributed by atoms with Gasteiger partial charge < -0.3 is 4.98 Å². The van der Waals surface area contributed by atoms with E-state index < -0.39 is 0 Å². The van der Waals surface area contributed by atoms with Crippen LogP contribution < -0.4 is 0 Å². The van der Waals surface area contributed by atoms with Gasteiger partial charge in [0, 0.05) is 18.9 Å². The van der Waals surface area contributed by atoms with E-state index in [0.717, 1.165) is 28.0 Å². The zero-order chi connectivity index (χ0) is 11.7. The average Bonchev–Trinajstić information content (AvgIpc) is 2.69. The molecule has 2 heterocycles. The van der Waals surface area contributed by atoms with Crippen LogP contribution in [0.2, 0.25) is 0 Å². The van der Waals surface area contributed by atoms with Gasteiger partial charge in [-0.3, -0.25) is 4.68 Å². The first-order chi connectivity index (χ1) is 7.61. The molecule has 0 fully saturated rings. The van der Waals surface area contributed by atoms with Crippen LogP contribution in [0.4, 0.5) is 0 Å². The van der Waals surface area contributed by atoms with E-state index in [1.807, 2.05) is 13.2 Å². The van der Waals surface area contributed by atoms with Crippen LogP contribution in [0.3, 0.4) is 0 Å². The van der Waals surface area contributed by atoms with Gasteiger partial charge in [-0.05, 0) is 22.4 Å². The number of aryl methyl sites for hydroxylation is 2. The highest BCUT2D eigenvalue weighted by molar-refractivity contribution is 9.10. The molecule has 84 valence electrons. The fourth-order valence-electron chi connectivity index (χ4n) is 1.43. The van der Waals surface area contributed by atoms with Crippen molar-refractivity contribution in [2.75, 3.05) is 0 Å². The third-order valence-corrected chi connectivity index (χ3v) is 3.68. The predicted molar refractivity (Wildman–Crippen MR) is 68.7 cm³/mol. The first-order valence-electron chi connectivity index (χ1n) is 4.89. The molecule has 0 saturated heterocycles. The Bertz CT molecular complexity index is 572. The van der Waals surface area contributed by atoms with Crippen molar-refractivity contribution < 1.29 is 0 Å². The fourth-order valence-corrected chi connectivity index (χ4v) is 2.11. The number of rotatable bonds is 2. The third kappa shape index (κ3) is 2.08. The van der Waals surface area contributed by atoms with E-state index in [9.17, 15) is 0 Å². The number of aromatic amines is 1. The maximum Gasteiger partial charge on any atom is 0.144 e. The summed E-state index contributed by atoms with van der Waals surface area (Å²) in [6, 6.07) is 0. The second-order valence-electron chi connectivity index (χ2n) is 3.44. The molecule has 6 heteroatoms. The fraction of sp³-hybridized carbons (Fsp3) is 0.300. The van der Waals surface area contributed by atoms with E-state index in [2.05, 4.69) is 37.9 Å². The van der Waals surface area contributed by atoms with Crippen LogP contribution >= 0.6 is 28.1 Å². The molecule has 0 spiro atoms. The van der Waals surface area contributed by atoms with Gasteiger partial charge >= 0.3 is 0 Å². The van der Waals surface area contributed by atoms with Crippen molar-refractivity contribution >= 4 is 28.1 Å². The van der Waals surface area contributed by atoms with Gasteiger partial charge in [-0.15, -0.1) is 0 Å². The summed E-state index contributed by atoms with van der Waals surface area (Å²) in [5.74, 6) is 0.762. The molecular weight excluding hydrogens is 288 g/mol. The Morgan fingerprint density at radius 2 is 2.31 bits per heavy atom. The molecule has 0 atom stereocenters. The Balaban J connectivity index is 2.59. The topological polar surface area (TPSA) is 46.5 Å². The van der Waals surface area contributed by atoms with Crippen LogP contribution in [-0.2, 0) is 13.5 Å². The van der Waals surface area contributed by atoms with E-state index in [-0.39, 0.29) is 0 Å². The largest absolute Gasteiger partial charge is 0.342 e. The molecule has 0 aliphatic rings. The van der Waals surface area contributed by atoms with Gasteiger partial charge in [-0.2, -0.15) is 5.10 Å². The number of nitrogens with one attached hydrogen (secondary N) is 1. The number of halogens is 1. The molecule has 0 amide bonds. The average molecular weight is 299 g/mol. The molecule has 16 heavy (non-hydrogen) atoms. The van der Waals surface area contributed by atoms with Gasteiger partial charge in [-0.25, -0.2) is 4.98 Å². The van der Waals surface area contributed by atoms with Gasteiger partial charge in [0.2, 0.25) is 0 Å². The number of H-pyrrole nitrogens is 1. The molecule has 0 unspecified atom stereocenters. The summed E-state index contributed by atoms with van der Waals surface area (Å²) in [5.41, 5.74) is 2.00.